The Balaban J connectivity index is 1.40. The number of carbonyl (C=O) groups excluding carboxylic acids is 1. The number of nitrogen functional groups attached to an aromatic ring is 1. The lowest BCUT2D eigenvalue weighted by atomic mass is 10.1. The molecule has 10 heteroatoms. The number of anilines is 2. The summed E-state index contributed by atoms with van der Waals surface area (Å²) in [5.41, 5.74) is 9.42. The van der Waals surface area contributed by atoms with Gasteiger partial charge in [0.2, 0.25) is 0 Å². The molecule has 40 heavy (non-hydrogen) atoms. The van der Waals surface area contributed by atoms with Crippen molar-refractivity contribution >= 4 is 17.4 Å². The van der Waals surface area contributed by atoms with Crippen LogP contribution in [-0.2, 0) is 7.05 Å². The second-order valence-corrected chi connectivity index (χ2v) is 9.07. The topological polar surface area (TPSA) is 117 Å². The van der Waals surface area contributed by atoms with Gasteiger partial charge in [0.1, 0.15) is 28.6 Å². The van der Waals surface area contributed by atoms with Crippen LogP contribution in [0.2, 0.25) is 0 Å². The Hall–Kier alpha value is -5.25. The van der Waals surface area contributed by atoms with Crippen LogP contribution < -0.4 is 21.3 Å². The maximum Gasteiger partial charge on any atom is 0.284 e. The maximum atomic E-state index is 14.2. The molecule has 0 aliphatic heterocycles. The predicted molar refractivity (Wildman–Crippen MR) is 152 cm³/mol. The highest BCUT2D eigenvalue weighted by Crippen LogP contribution is 2.29. The first kappa shape index (κ1) is 26.4. The van der Waals surface area contributed by atoms with Crippen LogP contribution in [0.1, 0.15) is 23.0 Å². The highest BCUT2D eigenvalue weighted by atomic mass is 19.1. The molecule has 0 radical (unpaired) electrons. The molecule has 2 heterocycles. The number of carbonyl (C=O) groups is 1. The molecule has 0 fully saturated rings. The van der Waals surface area contributed by atoms with Crippen LogP contribution in [-0.4, -0.2) is 31.8 Å². The van der Waals surface area contributed by atoms with Crippen molar-refractivity contribution in [2.24, 2.45) is 7.05 Å². The van der Waals surface area contributed by atoms with E-state index in [1.54, 1.807) is 61.1 Å². The number of hydrogen-bond donors (Lipinski definition) is 2. The molecule has 0 aliphatic rings. The lowest BCUT2D eigenvalue weighted by molar-refractivity contribution is 0.102. The summed E-state index contributed by atoms with van der Waals surface area (Å²) in [4.78, 5) is 35.2. The molecule has 3 aromatic carbocycles. The Bertz CT molecular complexity index is 1760. The molecular formula is C30H27FN6O3. The first-order chi connectivity index (χ1) is 19.3. The highest BCUT2D eigenvalue weighted by Gasteiger charge is 2.22. The van der Waals surface area contributed by atoms with Crippen molar-refractivity contribution in [2.45, 2.75) is 13.8 Å². The van der Waals surface area contributed by atoms with Crippen LogP contribution in [0.25, 0.3) is 28.2 Å². The highest BCUT2D eigenvalue weighted by molar-refractivity contribution is 6.05. The summed E-state index contributed by atoms with van der Waals surface area (Å²) < 4.78 is 22.7. The van der Waals surface area contributed by atoms with E-state index in [0.717, 1.165) is 0 Å². The molecule has 5 rings (SSSR count). The van der Waals surface area contributed by atoms with E-state index < -0.39 is 17.3 Å². The standard InChI is InChI=1S/C30H27FN6O3/c1-4-40-24-15-20(14-21(31)16-24)25-17-33-28(32)27(35-25)19-10-12-22(13-11-19)34-29(38)26-18(2)36(3)37(30(26)39)23-8-6-5-7-9-23/h5-17H,4H2,1-3H3,(H2,32,33)(H,34,38). The Morgan fingerprint density at radius 2 is 1.77 bits per heavy atom. The first-order valence-corrected chi connectivity index (χ1v) is 12.6. The summed E-state index contributed by atoms with van der Waals surface area (Å²) in [5, 5.41) is 2.80. The van der Waals surface area contributed by atoms with Gasteiger partial charge in [0, 0.05) is 29.9 Å². The molecule has 0 atom stereocenters. The first-order valence-electron chi connectivity index (χ1n) is 12.6. The Morgan fingerprint density at radius 1 is 1.05 bits per heavy atom. The van der Waals surface area contributed by atoms with Crippen molar-refractivity contribution in [3.63, 3.8) is 0 Å². The fraction of sp³-hybridized carbons (Fsp3) is 0.133. The van der Waals surface area contributed by atoms with Crippen LogP contribution in [0.3, 0.4) is 0 Å². The van der Waals surface area contributed by atoms with Gasteiger partial charge < -0.3 is 15.8 Å². The number of amides is 1. The molecule has 2 aromatic heterocycles. The third-order valence-electron chi connectivity index (χ3n) is 6.48. The van der Waals surface area contributed by atoms with Gasteiger partial charge in [-0.3, -0.25) is 14.3 Å². The molecule has 0 aliphatic carbocycles. The monoisotopic (exact) mass is 538 g/mol. The number of ether oxygens (including phenoxy) is 1. The van der Waals surface area contributed by atoms with Crippen molar-refractivity contribution in [3.8, 4) is 34.0 Å². The van der Waals surface area contributed by atoms with Crippen molar-refractivity contribution in [3.05, 3.63) is 106 Å². The van der Waals surface area contributed by atoms with Crippen molar-refractivity contribution in [2.75, 3.05) is 17.7 Å². The number of para-hydroxylation sites is 1. The molecule has 0 saturated carbocycles. The predicted octanol–water partition coefficient (Wildman–Crippen LogP) is 4.98. The fourth-order valence-corrected chi connectivity index (χ4v) is 4.45. The Kier molecular flexibility index (Phi) is 7.15. The number of nitrogens with two attached hydrogens (primary N) is 1. The smallest absolute Gasteiger partial charge is 0.284 e. The van der Waals surface area contributed by atoms with Gasteiger partial charge in [-0.25, -0.2) is 19.0 Å². The number of aromatic nitrogens is 4. The van der Waals surface area contributed by atoms with E-state index >= 15 is 0 Å². The Labute approximate surface area is 229 Å². The van der Waals surface area contributed by atoms with Gasteiger partial charge in [-0.05, 0) is 50.2 Å². The van der Waals surface area contributed by atoms with Crippen LogP contribution in [0, 0.1) is 12.7 Å². The second kappa shape index (κ2) is 10.9. The van der Waals surface area contributed by atoms with Gasteiger partial charge in [-0.2, -0.15) is 0 Å². The Morgan fingerprint density at radius 3 is 2.48 bits per heavy atom. The minimum absolute atomic E-state index is 0.0553. The van der Waals surface area contributed by atoms with E-state index in [9.17, 15) is 14.0 Å². The molecule has 9 nitrogen and oxygen atoms in total. The van der Waals surface area contributed by atoms with Gasteiger partial charge in [0.15, 0.2) is 0 Å². The second-order valence-electron chi connectivity index (χ2n) is 9.07. The van der Waals surface area contributed by atoms with E-state index in [2.05, 4.69) is 15.3 Å². The number of halogens is 1. The van der Waals surface area contributed by atoms with Crippen LogP contribution in [0.5, 0.6) is 5.75 Å². The molecule has 0 saturated heterocycles. The number of rotatable bonds is 7. The molecule has 0 bridgehead atoms. The van der Waals surface area contributed by atoms with E-state index in [0.29, 0.717) is 51.9 Å². The summed E-state index contributed by atoms with van der Waals surface area (Å²) in [6, 6.07) is 20.3. The van der Waals surface area contributed by atoms with Crippen molar-refractivity contribution in [1.29, 1.82) is 0 Å². The number of nitrogens with zero attached hydrogens (tertiary/aromatic N) is 4. The molecule has 1 amide bonds. The summed E-state index contributed by atoms with van der Waals surface area (Å²) >= 11 is 0. The van der Waals surface area contributed by atoms with Gasteiger partial charge in [-0.15, -0.1) is 0 Å². The fourth-order valence-electron chi connectivity index (χ4n) is 4.45. The zero-order chi connectivity index (χ0) is 28.4. The quantitative estimate of drug-likeness (QED) is 0.302. The molecule has 3 N–H and O–H groups in total. The normalized spacial score (nSPS) is 10.9. The van der Waals surface area contributed by atoms with Crippen LogP contribution >= 0.6 is 0 Å². The van der Waals surface area contributed by atoms with E-state index in [-0.39, 0.29) is 11.4 Å². The summed E-state index contributed by atoms with van der Waals surface area (Å²) in [6.07, 6.45) is 1.47. The summed E-state index contributed by atoms with van der Waals surface area (Å²) in [7, 11) is 1.73. The molecular weight excluding hydrogens is 511 g/mol. The third kappa shape index (κ3) is 5.06. The summed E-state index contributed by atoms with van der Waals surface area (Å²) in [5.74, 6) is -0.381. The van der Waals surface area contributed by atoms with Crippen LogP contribution in [0.15, 0.2) is 83.8 Å². The lowest BCUT2D eigenvalue weighted by Crippen LogP contribution is -2.25. The molecule has 0 unspecified atom stereocenters. The number of nitrogens with one attached hydrogen (secondary N) is 1. The van der Waals surface area contributed by atoms with Crippen molar-refractivity contribution < 1.29 is 13.9 Å². The molecule has 0 spiro atoms. The van der Waals surface area contributed by atoms with E-state index in [1.807, 2.05) is 25.1 Å². The zero-order valence-electron chi connectivity index (χ0n) is 22.2. The minimum atomic E-state index is -0.516. The average Bonchev–Trinajstić information content (AvgIpc) is 3.17. The molecule has 202 valence electrons. The number of hydrogen-bond acceptors (Lipinski definition) is 6. The van der Waals surface area contributed by atoms with Gasteiger partial charge in [0.05, 0.1) is 29.9 Å². The van der Waals surface area contributed by atoms with Gasteiger partial charge in [-0.1, -0.05) is 30.3 Å². The van der Waals surface area contributed by atoms with Crippen molar-refractivity contribution in [1.82, 2.24) is 19.3 Å². The summed E-state index contributed by atoms with van der Waals surface area (Å²) in [6.45, 7) is 3.94. The maximum absolute atomic E-state index is 14.2. The average molecular weight is 539 g/mol. The van der Waals surface area contributed by atoms with Gasteiger partial charge in [0.25, 0.3) is 11.5 Å². The minimum Gasteiger partial charge on any atom is -0.494 e. The lowest BCUT2D eigenvalue weighted by Gasteiger charge is -2.10. The SMILES string of the molecule is CCOc1cc(F)cc(-c2cnc(N)c(-c3ccc(NC(=O)c4c(C)n(C)n(-c5ccccc5)c4=O)cc3)n2)c1. The largest absolute Gasteiger partial charge is 0.494 e. The van der Waals surface area contributed by atoms with Gasteiger partial charge >= 0.3 is 0 Å². The van der Waals surface area contributed by atoms with E-state index in [1.165, 1.54) is 23.0 Å². The third-order valence-corrected chi connectivity index (χ3v) is 6.48. The van der Waals surface area contributed by atoms with E-state index in [4.69, 9.17) is 10.5 Å². The zero-order valence-corrected chi connectivity index (χ0v) is 22.2. The number of benzene rings is 3. The molecule has 5 aromatic rings. The van der Waals surface area contributed by atoms with Crippen LogP contribution in [0.4, 0.5) is 15.9 Å².